The molecule has 79 heavy (non-hydrogen) atoms. The van der Waals surface area contributed by atoms with Crippen LogP contribution in [-0.4, -0.2) is 74.9 Å². The van der Waals surface area contributed by atoms with Crippen molar-refractivity contribution in [2.75, 3.05) is 47.5 Å². The molecule has 0 aliphatic carbocycles. The van der Waals surface area contributed by atoms with Crippen LogP contribution in [0.4, 0.5) is 0 Å². The lowest BCUT2D eigenvalue weighted by molar-refractivity contribution is -0.870. The molecule has 2 atom stereocenters. The van der Waals surface area contributed by atoms with Crippen LogP contribution in [0.5, 0.6) is 0 Å². The van der Waals surface area contributed by atoms with Gasteiger partial charge in [-0.3, -0.25) is 18.6 Å². The second-order valence-corrected chi connectivity index (χ2v) is 25.6. The van der Waals surface area contributed by atoms with Crippen LogP contribution in [0.15, 0.2) is 48.6 Å². The number of carbonyl (C=O) groups is 2. The number of likely N-dealkylation sites (N-methyl/N-ethyl adjacent to an activating group) is 1. The van der Waals surface area contributed by atoms with Gasteiger partial charge in [0.2, 0.25) is 0 Å². The Morgan fingerprint density at radius 2 is 0.722 bits per heavy atom. The van der Waals surface area contributed by atoms with Crippen molar-refractivity contribution >= 4 is 19.8 Å². The highest BCUT2D eigenvalue weighted by Gasteiger charge is 2.27. The Kier molecular flexibility index (Phi) is 59.0. The average Bonchev–Trinajstić information content (AvgIpc) is 3.41. The molecule has 10 heteroatoms. The molecule has 0 rings (SSSR count). The number of phosphoric ester groups is 1. The van der Waals surface area contributed by atoms with Gasteiger partial charge in [-0.2, -0.15) is 0 Å². The lowest BCUT2D eigenvalue weighted by atomic mass is 10.0. The van der Waals surface area contributed by atoms with E-state index < -0.39 is 26.5 Å². The molecule has 0 spiro atoms. The van der Waals surface area contributed by atoms with Gasteiger partial charge in [0.05, 0.1) is 27.7 Å². The SMILES string of the molecule is CC/C=C\C/C=C\C/C=C\C/C=C\CCCCCCCCCCCCCCCCCCCCCCC(=O)OC(COC(=O)CCCCCCCCCCCCCCCCCCCCCCCC)COP(=O)(O)OCC[N+](C)(C)C. The van der Waals surface area contributed by atoms with Crippen molar-refractivity contribution in [3.8, 4) is 0 Å². The number of allylic oxidation sites excluding steroid dienone is 8. The third kappa shape index (κ3) is 65.0. The van der Waals surface area contributed by atoms with Crippen LogP contribution in [-0.2, 0) is 32.7 Å². The summed E-state index contributed by atoms with van der Waals surface area (Å²) in [4.78, 5) is 35.8. The first kappa shape index (κ1) is 77.0. The second kappa shape index (κ2) is 60.6. The molecule has 0 aromatic heterocycles. The normalized spacial score (nSPS) is 13.4. The van der Waals surface area contributed by atoms with Gasteiger partial charge in [0, 0.05) is 12.8 Å². The van der Waals surface area contributed by atoms with Crippen LogP contribution in [0, 0.1) is 0 Å². The van der Waals surface area contributed by atoms with Crippen molar-refractivity contribution in [2.24, 2.45) is 0 Å². The van der Waals surface area contributed by atoms with Gasteiger partial charge in [-0.15, -0.1) is 0 Å². The fraction of sp³-hybridized carbons (Fsp3) is 0.855. The smallest absolute Gasteiger partial charge is 0.462 e. The zero-order chi connectivity index (χ0) is 57.7. The minimum atomic E-state index is -4.39. The summed E-state index contributed by atoms with van der Waals surface area (Å²) in [7, 11) is 1.50. The van der Waals surface area contributed by atoms with Gasteiger partial charge < -0.3 is 18.9 Å². The summed E-state index contributed by atoms with van der Waals surface area (Å²) >= 11 is 0. The summed E-state index contributed by atoms with van der Waals surface area (Å²) in [6.45, 7) is 4.39. The van der Waals surface area contributed by atoms with E-state index in [9.17, 15) is 19.0 Å². The summed E-state index contributed by atoms with van der Waals surface area (Å²) < 4.78 is 34.7. The number of hydrogen-bond acceptors (Lipinski definition) is 7. The van der Waals surface area contributed by atoms with Crippen molar-refractivity contribution in [1.29, 1.82) is 0 Å². The molecule has 0 aromatic carbocycles. The van der Waals surface area contributed by atoms with E-state index in [1.807, 2.05) is 21.1 Å². The first-order valence-electron chi connectivity index (χ1n) is 33.9. The van der Waals surface area contributed by atoms with Crippen LogP contribution < -0.4 is 0 Å². The zero-order valence-electron chi connectivity index (χ0n) is 52.9. The van der Waals surface area contributed by atoms with Crippen LogP contribution in [0.25, 0.3) is 0 Å². The molecule has 0 fully saturated rings. The number of nitrogens with zero attached hydrogens (tertiary/aromatic N) is 1. The van der Waals surface area contributed by atoms with Crippen LogP contribution >= 0.6 is 7.82 Å². The molecule has 0 aliphatic heterocycles. The number of rotatable bonds is 63. The van der Waals surface area contributed by atoms with E-state index in [2.05, 4.69) is 62.5 Å². The summed E-state index contributed by atoms with van der Waals surface area (Å²) in [6.07, 6.45) is 77.8. The van der Waals surface area contributed by atoms with Gasteiger partial charge in [-0.1, -0.05) is 313 Å². The predicted octanol–water partition coefficient (Wildman–Crippen LogP) is 21.7. The Bertz CT molecular complexity index is 1470. The Hall–Kier alpha value is -2.03. The highest BCUT2D eigenvalue weighted by molar-refractivity contribution is 7.47. The average molecular weight is 1130 g/mol. The number of carbonyl (C=O) groups excluding carboxylic acids is 2. The third-order valence-corrected chi connectivity index (χ3v) is 16.1. The summed E-state index contributed by atoms with van der Waals surface area (Å²) in [5, 5.41) is 0. The highest BCUT2D eigenvalue weighted by Crippen LogP contribution is 2.43. The van der Waals surface area contributed by atoms with Gasteiger partial charge in [0.15, 0.2) is 6.10 Å². The van der Waals surface area contributed by atoms with Crippen molar-refractivity contribution in [3.63, 3.8) is 0 Å². The molecule has 0 saturated carbocycles. The van der Waals surface area contributed by atoms with E-state index in [0.717, 1.165) is 57.8 Å². The van der Waals surface area contributed by atoms with Gasteiger partial charge in [-0.05, 0) is 51.4 Å². The van der Waals surface area contributed by atoms with Crippen LogP contribution in [0.3, 0.4) is 0 Å². The first-order chi connectivity index (χ1) is 38.5. The van der Waals surface area contributed by atoms with Gasteiger partial charge in [0.25, 0.3) is 0 Å². The third-order valence-electron chi connectivity index (χ3n) is 15.1. The number of unbranched alkanes of at least 4 members (excludes halogenated alkanes) is 41. The van der Waals surface area contributed by atoms with Crippen molar-refractivity contribution in [3.05, 3.63) is 48.6 Å². The quantitative estimate of drug-likeness (QED) is 0.0211. The van der Waals surface area contributed by atoms with Gasteiger partial charge >= 0.3 is 19.8 Å². The van der Waals surface area contributed by atoms with Crippen LogP contribution in [0.2, 0.25) is 0 Å². The molecular weight excluding hydrogens is 1000 g/mol. The highest BCUT2D eigenvalue weighted by atomic mass is 31.2. The largest absolute Gasteiger partial charge is 0.472 e. The standard InChI is InChI=1S/C69H130NO8P/c1-6-8-10-12-14-16-18-20-22-24-26-28-30-31-32-33-34-35-36-37-38-39-40-42-44-46-48-50-52-54-56-58-60-62-69(72)78-67(66-77-79(73,74)76-64-63-70(3,4)5)65-75-68(71)61-59-57-55-53-51-49-47-45-43-41-29-27-25-23-21-19-17-15-13-11-9-7-2/h8,10,14,16,20,22,26,28,67H,6-7,9,11-13,15,17-19,21,23-25,27,29-66H2,1-5H3/p+1/b10-8-,16-14-,22-20-,28-26-. The minimum absolute atomic E-state index is 0.0345. The second-order valence-electron chi connectivity index (χ2n) is 24.2. The van der Waals surface area contributed by atoms with E-state index in [1.165, 1.54) is 238 Å². The molecule has 0 bridgehead atoms. The van der Waals surface area contributed by atoms with E-state index >= 15 is 0 Å². The molecule has 0 amide bonds. The van der Waals surface area contributed by atoms with Gasteiger partial charge in [-0.25, -0.2) is 4.57 Å². The fourth-order valence-electron chi connectivity index (χ4n) is 9.95. The summed E-state index contributed by atoms with van der Waals surface area (Å²) in [5.74, 6) is -0.776. The summed E-state index contributed by atoms with van der Waals surface area (Å²) in [5.41, 5.74) is 0. The molecular formula is C69H131NO8P+. The van der Waals surface area contributed by atoms with E-state index in [1.54, 1.807) is 0 Å². The Labute approximate surface area is 490 Å². The molecule has 0 aliphatic rings. The summed E-state index contributed by atoms with van der Waals surface area (Å²) in [6, 6.07) is 0. The first-order valence-corrected chi connectivity index (χ1v) is 35.4. The maximum absolute atomic E-state index is 12.9. The number of quaternary nitrogens is 1. The lowest BCUT2D eigenvalue weighted by Crippen LogP contribution is -2.37. The van der Waals surface area contributed by atoms with Crippen molar-refractivity contribution in [1.82, 2.24) is 0 Å². The lowest BCUT2D eigenvalue weighted by Gasteiger charge is -2.24. The van der Waals surface area contributed by atoms with E-state index in [-0.39, 0.29) is 25.6 Å². The van der Waals surface area contributed by atoms with E-state index in [4.69, 9.17) is 18.5 Å². The van der Waals surface area contributed by atoms with Gasteiger partial charge in [0.1, 0.15) is 19.8 Å². The number of esters is 2. The van der Waals surface area contributed by atoms with E-state index in [0.29, 0.717) is 23.9 Å². The molecule has 0 radical (unpaired) electrons. The fourth-order valence-corrected chi connectivity index (χ4v) is 10.7. The Morgan fingerprint density at radius 1 is 0.405 bits per heavy atom. The maximum Gasteiger partial charge on any atom is 0.472 e. The Morgan fingerprint density at radius 3 is 1.08 bits per heavy atom. The van der Waals surface area contributed by atoms with Crippen molar-refractivity contribution < 1.29 is 42.1 Å². The molecule has 2 unspecified atom stereocenters. The molecule has 0 saturated heterocycles. The minimum Gasteiger partial charge on any atom is -0.462 e. The maximum atomic E-state index is 12.9. The Balaban J connectivity index is 4.00. The number of hydrogen-bond donors (Lipinski definition) is 1. The topological polar surface area (TPSA) is 108 Å². The molecule has 9 nitrogen and oxygen atoms in total. The predicted molar refractivity (Wildman–Crippen MR) is 340 cm³/mol. The van der Waals surface area contributed by atoms with Crippen molar-refractivity contribution in [2.45, 2.75) is 335 Å². The zero-order valence-corrected chi connectivity index (χ0v) is 53.8. The monoisotopic (exact) mass is 1130 g/mol. The molecule has 0 heterocycles. The molecule has 0 aromatic rings. The van der Waals surface area contributed by atoms with Crippen LogP contribution in [0.1, 0.15) is 328 Å². The number of ether oxygens (including phenoxy) is 2. The molecule has 1 N–H and O–H groups in total. The number of phosphoric acid groups is 1. The molecule has 464 valence electrons.